The van der Waals surface area contributed by atoms with Crippen molar-refractivity contribution in [2.45, 2.75) is 173 Å². The van der Waals surface area contributed by atoms with Crippen molar-refractivity contribution >= 4 is 17.9 Å². The first-order valence-electron chi connectivity index (χ1n) is 19.8. The van der Waals surface area contributed by atoms with Gasteiger partial charge in [-0.1, -0.05) is 113 Å². The number of ether oxygens (including phenoxy) is 4. The Morgan fingerprint density at radius 3 is 1.70 bits per heavy atom. The zero-order chi connectivity index (χ0) is 38.9. The van der Waals surface area contributed by atoms with Gasteiger partial charge in [0.2, 0.25) is 0 Å². The van der Waals surface area contributed by atoms with Crippen LogP contribution in [0.25, 0.3) is 0 Å². The summed E-state index contributed by atoms with van der Waals surface area (Å²) >= 11 is 0. The molecule has 1 aliphatic heterocycles. The van der Waals surface area contributed by atoms with Crippen molar-refractivity contribution in [2.75, 3.05) is 13.2 Å². The average molecular weight is 749 g/mol. The summed E-state index contributed by atoms with van der Waals surface area (Å²) < 4.78 is 21.6. The maximum Gasteiger partial charge on any atom is 0.335 e. The van der Waals surface area contributed by atoms with Crippen molar-refractivity contribution in [2.24, 2.45) is 0 Å². The Morgan fingerprint density at radius 2 is 1.11 bits per heavy atom. The Kier molecular flexibility index (Phi) is 29.3. The molecule has 1 aliphatic rings. The summed E-state index contributed by atoms with van der Waals surface area (Å²) in [6.07, 6.45) is 28.5. The molecule has 0 aromatic heterocycles. The fourth-order valence-corrected chi connectivity index (χ4v) is 5.44. The number of hydrogen-bond acceptors (Lipinski definition) is 10. The summed E-state index contributed by atoms with van der Waals surface area (Å²) in [5, 5.41) is 39.7. The number of carboxylic acid groups (broad SMARTS) is 1. The molecule has 6 atom stereocenters. The van der Waals surface area contributed by atoms with E-state index in [9.17, 15) is 34.8 Å². The number of allylic oxidation sites excluding steroid dienone is 10. The molecule has 0 aliphatic carbocycles. The minimum atomic E-state index is -1.87. The SMILES string of the molecule is CC/C=C\C/C=C\C/C=C\CCCCCC(=O)OCC(COC1OC(C(=O)O)C(O)C(O)C1O)OC(=O)CCCCCCC/C=C\C/C=C\CCCC. The predicted octanol–water partition coefficient (Wildman–Crippen LogP) is 7.58. The fourth-order valence-electron chi connectivity index (χ4n) is 5.44. The van der Waals surface area contributed by atoms with Crippen LogP contribution >= 0.6 is 0 Å². The zero-order valence-electron chi connectivity index (χ0n) is 32.2. The Labute approximate surface area is 317 Å². The van der Waals surface area contributed by atoms with Gasteiger partial charge in [0.15, 0.2) is 18.5 Å². The van der Waals surface area contributed by atoms with Gasteiger partial charge in [0.1, 0.15) is 24.9 Å². The van der Waals surface area contributed by atoms with E-state index < -0.39 is 61.3 Å². The first-order chi connectivity index (χ1) is 25.7. The number of aliphatic hydroxyl groups excluding tert-OH is 3. The molecular weight excluding hydrogens is 680 g/mol. The second-order valence-electron chi connectivity index (χ2n) is 13.4. The van der Waals surface area contributed by atoms with Crippen molar-refractivity contribution in [3.8, 4) is 0 Å². The molecular formula is C42H68O11. The van der Waals surface area contributed by atoms with E-state index in [1.54, 1.807) is 0 Å². The van der Waals surface area contributed by atoms with Crippen LogP contribution in [-0.2, 0) is 33.3 Å². The van der Waals surface area contributed by atoms with E-state index in [-0.39, 0.29) is 19.4 Å². The number of hydrogen-bond donors (Lipinski definition) is 4. The maximum absolute atomic E-state index is 12.7. The highest BCUT2D eigenvalue weighted by atomic mass is 16.7. The lowest BCUT2D eigenvalue weighted by molar-refractivity contribution is -0.298. The lowest BCUT2D eigenvalue weighted by atomic mass is 9.99. The van der Waals surface area contributed by atoms with E-state index in [0.717, 1.165) is 83.5 Å². The van der Waals surface area contributed by atoms with Crippen molar-refractivity contribution in [3.05, 3.63) is 60.8 Å². The summed E-state index contributed by atoms with van der Waals surface area (Å²) in [7, 11) is 0. The molecule has 0 radical (unpaired) electrons. The number of unbranched alkanes of at least 4 members (excludes halogenated alkanes) is 10. The lowest BCUT2D eigenvalue weighted by Gasteiger charge is -2.38. The highest BCUT2D eigenvalue weighted by molar-refractivity contribution is 5.73. The van der Waals surface area contributed by atoms with Gasteiger partial charge in [-0.15, -0.1) is 0 Å². The maximum atomic E-state index is 12.7. The Morgan fingerprint density at radius 1 is 0.604 bits per heavy atom. The molecule has 4 N–H and O–H groups in total. The smallest absolute Gasteiger partial charge is 0.335 e. The van der Waals surface area contributed by atoms with Crippen LogP contribution < -0.4 is 0 Å². The van der Waals surface area contributed by atoms with Crippen LogP contribution in [0.2, 0.25) is 0 Å². The number of aliphatic carboxylic acids is 1. The standard InChI is InChI=1S/C42H68O11/c1-3-5-7-9-11-13-15-17-19-21-23-25-27-29-31-36(44)52-34(33-51-42-39(47)37(45)38(46)40(53-42)41(48)49)32-50-35(43)30-28-26-24-22-20-18-16-14-12-10-8-6-4-2/h6,8-9,11-12,14-15,17-18,20,34,37-40,42,45-47H,3-5,7,10,13,16,19,21-33H2,1-2H3,(H,48,49)/b8-6-,11-9-,14-12-,17-15-,20-18-. The van der Waals surface area contributed by atoms with Crippen molar-refractivity contribution in [1.29, 1.82) is 0 Å². The average Bonchev–Trinajstić information content (AvgIpc) is 3.14. The first kappa shape index (κ1) is 47.9. The fraction of sp³-hybridized carbons (Fsp3) is 0.690. The molecule has 11 nitrogen and oxygen atoms in total. The molecule has 0 aromatic rings. The summed E-state index contributed by atoms with van der Waals surface area (Å²) in [5.41, 5.74) is 0. The van der Waals surface area contributed by atoms with E-state index in [1.807, 2.05) is 0 Å². The highest BCUT2D eigenvalue weighted by Gasteiger charge is 2.47. The predicted molar refractivity (Wildman–Crippen MR) is 206 cm³/mol. The Bertz CT molecular complexity index is 1110. The number of aliphatic hydroxyl groups is 3. The van der Waals surface area contributed by atoms with Crippen LogP contribution in [0.15, 0.2) is 60.8 Å². The molecule has 0 bridgehead atoms. The largest absolute Gasteiger partial charge is 0.479 e. The van der Waals surface area contributed by atoms with Crippen LogP contribution in [0.1, 0.15) is 136 Å². The van der Waals surface area contributed by atoms with Crippen molar-refractivity contribution in [1.82, 2.24) is 0 Å². The topological polar surface area (TPSA) is 169 Å². The van der Waals surface area contributed by atoms with Crippen LogP contribution in [0.3, 0.4) is 0 Å². The van der Waals surface area contributed by atoms with E-state index >= 15 is 0 Å². The number of rotatable bonds is 31. The summed E-state index contributed by atoms with van der Waals surface area (Å²) in [4.78, 5) is 36.6. The van der Waals surface area contributed by atoms with Gasteiger partial charge in [0.05, 0.1) is 6.61 Å². The van der Waals surface area contributed by atoms with Gasteiger partial charge >= 0.3 is 17.9 Å². The molecule has 1 heterocycles. The Hall–Kier alpha value is -3.09. The molecule has 302 valence electrons. The Balaban J connectivity index is 2.47. The van der Waals surface area contributed by atoms with E-state index in [4.69, 9.17) is 18.9 Å². The van der Waals surface area contributed by atoms with Crippen molar-refractivity contribution < 1.29 is 53.8 Å². The van der Waals surface area contributed by atoms with Gasteiger partial charge in [-0.2, -0.15) is 0 Å². The highest BCUT2D eigenvalue weighted by Crippen LogP contribution is 2.23. The van der Waals surface area contributed by atoms with Crippen LogP contribution in [-0.4, -0.2) is 88.4 Å². The first-order valence-corrected chi connectivity index (χ1v) is 19.8. The van der Waals surface area contributed by atoms with Crippen molar-refractivity contribution in [3.63, 3.8) is 0 Å². The second kappa shape index (κ2) is 32.3. The molecule has 1 saturated heterocycles. The van der Waals surface area contributed by atoms with Gasteiger partial charge in [-0.05, 0) is 70.6 Å². The minimum absolute atomic E-state index is 0.157. The zero-order valence-corrected chi connectivity index (χ0v) is 32.2. The van der Waals surface area contributed by atoms with E-state index in [1.165, 1.54) is 12.8 Å². The van der Waals surface area contributed by atoms with Gasteiger partial charge in [0, 0.05) is 12.8 Å². The molecule has 0 amide bonds. The van der Waals surface area contributed by atoms with E-state index in [0.29, 0.717) is 12.8 Å². The molecule has 1 fully saturated rings. The molecule has 1 rings (SSSR count). The summed E-state index contributed by atoms with van der Waals surface area (Å²) in [5.74, 6) is -2.51. The quantitative estimate of drug-likeness (QED) is 0.0313. The number of esters is 2. The molecule has 11 heteroatoms. The summed E-state index contributed by atoms with van der Waals surface area (Å²) in [6, 6.07) is 0. The monoisotopic (exact) mass is 748 g/mol. The summed E-state index contributed by atoms with van der Waals surface area (Å²) in [6.45, 7) is 3.58. The van der Waals surface area contributed by atoms with Gasteiger partial charge < -0.3 is 39.4 Å². The van der Waals surface area contributed by atoms with Gasteiger partial charge in [-0.3, -0.25) is 9.59 Å². The minimum Gasteiger partial charge on any atom is -0.479 e. The van der Waals surface area contributed by atoms with Crippen LogP contribution in [0.5, 0.6) is 0 Å². The third-order valence-electron chi connectivity index (χ3n) is 8.60. The molecule has 0 aromatic carbocycles. The van der Waals surface area contributed by atoms with E-state index in [2.05, 4.69) is 74.6 Å². The normalized spacial score (nSPS) is 21.4. The lowest BCUT2D eigenvalue weighted by Crippen LogP contribution is -2.60. The third kappa shape index (κ3) is 24.8. The number of carbonyl (C=O) groups excluding carboxylic acids is 2. The third-order valence-corrected chi connectivity index (χ3v) is 8.60. The number of carbonyl (C=O) groups is 3. The number of carboxylic acids is 1. The second-order valence-corrected chi connectivity index (χ2v) is 13.4. The molecule has 6 unspecified atom stereocenters. The molecule has 0 spiro atoms. The molecule has 53 heavy (non-hydrogen) atoms. The van der Waals surface area contributed by atoms with Gasteiger partial charge in [0.25, 0.3) is 0 Å². The van der Waals surface area contributed by atoms with Crippen LogP contribution in [0.4, 0.5) is 0 Å². The van der Waals surface area contributed by atoms with Gasteiger partial charge in [-0.25, -0.2) is 4.79 Å². The molecule has 0 saturated carbocycles. The van der Waals surface area contributed by atoms with Crippen LogP contribution in [0, 0.1) is 0 Å².